The van der Waals surface area contributed by atoms with Crippen LogP contribution < -0.4 is 0 Å². The first-order valence-electron chi connectivity index (χ1n) is 6.43. The van der Waals surface area contributed by atoms with Gasteiger partial charge < -0.3 is 10.0 Å². The van der Waals surface area contributed by atoms with Gasteiger partial charge in [0.05, 0.1) is 4.47 Å². The van der Waals surface area contributed by atoms with Crippen LogP contribution >= 0.6 is 15.9 Å². The minimum Gasteiger partial charge on any atom is -0.507 e. The van der Waals surface area contributed by atoms with Crippen LogP contribution in [0.5, 0.6) is 5.75 Å². The fourth-order valence-electron chi connectivity index (χ4n) is 2.50. The third-order valence-electron chi connectivity index (χ3n) is 3.55. The summed E-state index contributed by atoms with van der Waals surface area (Å²) in [6.07, 6.45) is 4.36. The molecule has 1 aromatic carbocycles. The van der Waals surface area contributed by atoms with E-state index in [0.29, 0.717) is 16.1 Å². The first kappa shape index (κ1) is 13.4. The second kappa shape index (κ2) is 5.74. The van der Waals surface area contributed by atoms with Gasteiger partial charge in [-0.05, 0) is 59.8 Å². The molecule has 0 aliphatic carbocycles. The van der Waals surface area contributed by atoms with Crippen LogP contribution in [0.1, 0.15) is 43.0 Å². The Labute approximate surface area is 116 Å². The molecule has 0 spiro atoms. The molecule has 1 atom stereocenters. The van der Waals surface area contributed by atoms with Crippen LogP contribution in [0.15, 0.2) is 22.7 Å². The number of amides is 1. The molecule has 0 radical (unpaired) electrons. The summed E-state index contributed by atoms with van der Waals surface area (Å²) in [6, 6.07) is 5.35. The average molecular weight is 312 g/mol. The maximum Gasteiger partial charge on any atom is 0.254 e. The largest absolute Gasteiger partial charge is 0.507 e. The molecule has 0 bridgehead atoms. The molecule has 1 aliphatic rings. The average Bonchev–Trinajstić information content (AvgIpc) is 2.41. The van der Waals surface area contributed by atoms with Crippen molar-refractivity contribution in [2.75, 3.05) is 6.54 Å². The zero-order valence-corrected chi connectivity index (χ0v) is 12.1. The van der Waals surface area contributed by atoms with Gasteiger partial charge in [-0.1, -0.05) is 6.92 Å². The van der Waals surface area contributed by atoms with Crippen molar-refractivity contribution in [3.05, 3.63) is 28.2 Å². The van der Waals surface area contributed by atoms with Crippen LogP contribution in [0.2, 0.25) is 0 Å². The third kappa shape index (κ3) is 2.69. The van der Waals surface area contributed by atoms with Gasteiger partial charge >= 0.3 is 0 Å². The van der Waals surface area contributed by atoms with E-state index in [2.05, 4.69) is 22.9 Å². The minimum atomic E-state index is 0.0318. The first-order chi connectivity index (χ1) is 8.63. The monoisotopic (exact) mass is 311 g/mol. The Morgan fingerprint density at radius 1 is 1.50 bits per heavy atom. The highest BCUT2D eigenvalue weighted by molar-refractivity contribution is 9.10. The molecule has 1 N–H and O–H groups in total. The van der Waals surface area contributed by atoms with Gasteiger partial charge in [0.25, 0.3) is 5.91 Å². The Bertz CT molecular complexity index is 447. The fraction of sp³-hybridized carbons (Fsp3) is 0.500. The van der Waals surface area contributed by atoms with Gasteiger partial charge in [0.2, 0.25) is 0 Å². The molecule has 1 heterocycles. The van der Waals surface area contributed by atoms with Crippen LogP contribution in [0.3, 0.4) is 0 Å². The number of rotatable bonds is 2. The molecule has 18 heavy (non-hydrogen) atoms. The number of hydrogen-bond acceptors (Lipinski definition) is 2. The Morgan fingerprint density at radius 3 is 2.94 bits per heavy atom. The molecule has 4 heteroatoms. The van der Waals surface area contributed by atoms with Gasteiger partial charge in [-0.3, -0.25) is 4.79 Å². The zero-order chi connectivity index (χ0) is 13.1. The van der Waals surface area contributed by atoms with Crippen molar-refractivity contribution in [3.63, 3.8) is 0 Å². The molecule has 1 unspecified atom stereocenters. The lowest BCUT2D eigenvalue weighted by molar-refractivity contribution is 0.0607. The lowest BCUT2D eigenvalue weighted by Crippen LogP contribution is -2.43. The van der Waals surface area contributed by atoms with Crippen LogP contribution in [-0.4, -0.2) is 28.5 Å². The Balaban J connectivity index is 2.21. The zero-order valence-electron chi connectivity index (χ0n) is 10.5. The van der Waals surface area contributed by atoms with Crippen molar-refractivity contribution in [1.82, 2.24) is 4.90 Å². The number of nitrogens with zero attached hydrogens (tertiary/aromatic N) is 1. The lowest BCUT2D eigenvalue weighted by Gasteiger charge is -2.35. The number of halogens is 1. The Kier molecular flexibility index (Phi) is 4.27. The summed E-state index contributed by atoms with van der Waals surface area (Å²) in [5.74, 6) is 0.148. The predicted molar refractivity (Wildman–Crippen MR) is 74.8 cm³/mol. The molecule has 1 aliphatic heterocycles. The van der Waals surface area contributed by atoms with Gasteiger partial charge in [0, 0.05) is 18.2 Å². The SMILES string of the molecule is CCC1CCCCN1C(=O)c1ccc(Br)c(O)c1. The van der Waals surface area contributed by atoms with Gasteiger partial charge in [-0.15, -0.1) is 0 Å². The van der Waals surface area contributed by atoms with Crippen molar-refractivity contribution in [2.24, 2.45) is 0 Å². The summed E-state index contributed by atoms with van der Waals surface area (Å²) in [5.41, 5.74) is 0.566. The number of hydrogen-bond donors (Lipinski definition) is 1. The van der Waals surface area contributed by atoms with Crippen molar-refractivity contribution in [2.45, 2.75) is 38.6 Å². The number of phenolic OH excluding ortho intramolecular Hbond substituents is 1. The van der Waals surface area contributed by atoms with Crippen LogP contribution in [-0.2, 0) is 0 Å². The molecule has 0 saturated carbocycles. The van der Waals surface area contributed by atoms with Crippen LogP contribution in [0.25, 0.3) is 0 Å². The van der Waals surface area contributed by atoms with E-state index in [4.69, 9.17) is 0 Å². The van der Waals surface area contributed by atoms with E-state index in [1.165, 1.54) is 12.5 Å². The van der Waals surface area contributed by atoms with Gasteiger partial charge in [0.15, 0.2) is 0 Å². The maximum atomic E-state index is 12.4. The quantitative estimate of drug-likeness (QED) is 0.907. The van der Waals surface area contributed by atoms with Crippen molar-refractivity contribution in [3.8, 4) is 5.75 Å². The molecular formula is C14H18BrNO2. The number of carbonyl (C=O) groups excluding carboxylic acids is 1. The predicted octanol–water partition coefficient (Wildman–Crippen LogP) is 3.56. The molecule has 1 amide bonds. The smallest absolute Gasteiger partial charge is 0.254 e. The van der Waals surface area contributed by atoms with Crippen LogP contribution in [0.4, 0.5) is 0 Å². The van der Waals surface area contributed by atoms with E-state index in [1.54, 1.807) is 12.1 Å². The number of carbonyl (C=O) groups is 1. The van der Waals surface area contributed by atoms with E-state index in [-0.39, 0.29) is 11.7 Å². The summed E-state index contributed by atoms with van der Waals surface area (Å²) >= 11 is 3.23. The standard InChI is InChI=1S/C14H18BrNO2/c1-2-11-5-3-4-8-16(11)14(18)10-6-7-12(15)13(17)9-10/h6-7,9,11,17H,2-5,8H2,1H3. The summed E-state index contributed by atoms with van der Waals surface area (Å²) in [4.78, 5) is 14.4. The molecule has 1 aromatic rings. The van der Waals surface area contributed by atoms with E-state index in [1.807, 2.05) is 4.90 Å². The summed E-state index contributed by atoms with van der Waals surface area (Å²) < 4.78 is 0.615. The van der Waals surface area contributed by atoms with E-state index < -0.39 is 0 Å². The number of likely N-dealkylation sites (tertiary alicyclic amines) is 1. The van der Waals surface area contributed by atoms with Crippen molar-refractivity contribution >= 4 is 21.8 Å². The number of phenols is 1. The number of piperidine rings is 1. The summed E-state index contributed by atoms with van der Waals surface area (Å²) in [5, 5.41) is 9.65. The highest BCUT2D eigenvalue weighted by Crippen LogP contribution is 2.27. The van der Waals surface area contributed by atoms with Crippen molar-refractivity contribution in [1.29, 1.82) is 0 Å². The van der Waals surface area contributed by atoms with Gasteiger partial charge in [-0.2, -0.15) is 0 Å². The topological polar surface area (TPSA) is 40.5 Å². The van der Waals surface area contributed by atoms with Gasteiger partial charge in [0.1, 0.15) is 5.75 Å². The first-order valence-corrected chi connectivity index (χ1v) is 7.22. The van der Waals surface area contributed by atoms with E-state index >= 15 is 0 Å². The second-order valence-corrected chi connectivity index (χ2v) is 5.58. The minimum absolute atomic E-state index is 0.0318. The highest BCUT2D eigenvalue weighted by atomic mass is 79.9. The molecular weight excluding hydrogens is 294 g/mol. The third-order valence-corrected chi connectivity index (χ3v) is 4.22. The van der Waals surface area contributed by atoms with E-state index in [0.717, 1.165) is 25.8 Å². The molecule has 2 rings (SSSR count). The highest BCUT2D eigenvalue weighted by Gasteiger charge is 2.26. The van der Waals surface area contributed by atoms with E-state index in [9.17, 15) is 9.90 Å². The molecule has 0 aromatic heterocycles. The maximum absolute atomic E-state index is 12.4. The number of aromatic hydroxyl groups is 1. The summed E-state index contributed by atoms with van der Waals surface area (Å²) in [7, 11) is 0. The fourth-order valence-corrected chi connectivity index (χ4v) is 2.75. The Morgan fingerprint density at radius 2 is 2.28 bits per heavy atom. The molecule has 1 fully saturated rings. The normalized spacial score (nSPS) is 19.9. The second-order valence-electron chi connectivity index (χ2n) is 4.72. The molecule has 1 saturated heterocycles. The van der Waals surface area contributed by atoms with Gasteiger partial charge in [-0.25, -0.2) is 0 Å². The molecule has 98 valence electrons. The Hall–Kier alpha value is -1.03. The van der Waals surface area contributed by atoms with Crippen LogP contribution in [0, 0.1) is 0 Å². The number of benzene rings is 1. The summed E-state index contributed by atoms with van der Waals surface area (Å²) in [6.45, 7) is 2.95. The lowest BCUT2D eigenvalue weighted by atomic mass is 9.99. The van der Waals surface area contributed by atoms with Crippen molar-refractivity contribution < 1.29 is 9.90 Å². The molecule has 3 nitrogen and oxygen atoms in total.